The highest BCUT2D eigenvalue weighted by molar-refractivity contribution is 7.87. The van der Waals surface area contributed by atoms with Gasteiger partial charge in [0.2, 0.25) is 0 Å². The summed E-state index contributed by atoms with van der Waals surface area (Å²) in [7, 11) is -0.111. The Bertz CT molecular complexity index is 761. The molecule has 126 valence electrons. The maximum absolute atomic E-state index is 12.4. The molecule has 3 rings (SSSR count). The molecule has 9 nitrogen and oxygen atoms in total. The molecule has 10 heteroatoms. The summed E-state index contributed by atoms with van der Waals surface area (Å²) in [6.07, 6.45) is 5.66. The van der Waals surface area contributed by atoms with Crippen LogP contribution in [0.5, 0.6) is 0 Å². The SMILES string of the molecule is CN(C1CCCC1)S(=O)(=O)NCc1n[nH]nc1-c1ccnn1C. The summed E-state index contributed by atoms with van der Waals surface area (Å²) in [4.78, 5) is 0. The van der Waals surface area contributed by atoms with E-state index in [1.807, 2.05) is 0 Å². The van der Waals surface area contributed by atoms with Gasteiger partial charge in [-0.25, -0.2) is 0 Å². The van der Waals surface area contributed by atoms with Gasteiger partial charge in [0.25, 0.3) is 10.2 Å². The molecule has 0 aromatic carbocycles. The van der Waals surface area contributed by atoms with Crippen LogP contribution < -0.4 is 4.72 Å². The monoisotopic (exact) mass is 339 g/mol. The molecule has 23 heavy (non-hydrogen) atoms. The zero-order valence-corrected chi connectivity index (χ0v) is 14.0. The third-order valence-electron chi connectivity index (χ3n) is 4.32. The maximum atomic E-state index is 12.4. The van der Waals surface area contributed by atoms with Crippen LogP contribution in [0.15, 0.2) is 12.3 Å². The van der Waals surface area contributed by atoms with E-state index < -0.39 is 10.2 Å². The van der Waals surface area contributed by atoms with Crippen molar-refractivity contribution in [2.45, 2.75) is 38.3 Å². The van der Waals surface area contributed by atoms with Gasteiger partial charge in [0, 0.05) is 26.3 Å². The summed E-state index contributed by atoms with van der Waals surface area (Å²) < 4.78 is 30.5. The summed E-state index contributed by atoms with van der Waals surface area (Å²) in [5.41, 5.74) is 1.91. The molecule has 2 N–H and O–H groups in total. The summed E-state index contributed by atoms with van der Waals surface area (Å²) in [6.45, 7) is 0.0798. The van der Waals surface area contributed by atoms with Gasteiger partial charge in [0.05, 0.1) is 12.2 Å². The second kappa shape index (κ2) is 6.38. The van der Waals surface area contributed by atoms with E-state index in [4.69, 9.17) is 0 Å². The van der Waals surface area contributed by atoms with Crippen LogP contribution in [0.25, 0.3) is 11.4 Å². The van der Waals surface area contributed by atoms with Gasteiger partial charge in [-0.3, -0.25) is 4.68 Å². The van der Waals surface area contributed by atoms with E-state index in [-0.39, 0.29) is 12.6 Å². The zero-order valence-electron chi connectivity index (χ0n) is 13.2. The fourth-order valence-electron chi connectivity index (χ4n) is 2.91. The molecule has 0 bridgehead atoms. The quantitative estimate of drug-likeness (QED) is 0.792. The molecular weight excluding hydrogens is 318 g/mol. The van der Waals surface area contributed by atoms with Crippen LogP contribution in [0, 0.1) is 0 Å². The Morgan fingerprint density at radius 2 is 2.13 bits per heavy atom. The normalized spacial score (nSPS) is 16.5. The molecule has 2 heterocycles. The largest absolute Gasteiger partial charge is 0.279 e. The molecule has 1 aliphatic carbocycles. The van der Waals surface area contributed by atoms with Crippen molar-refractivity contribution in [2.75, 3.05) is 7.05 Å². The Balaban J connectivity index is 1.71. The van der Waals surface area contributed by atoms with Crippen molar-refractivity contribution in [1.29, 1.82) is 0 Å². The number of nitrogens with zero attached hydrogens (tertiary/aromatic N) is 5. The molecule has 0 spiro atoms. The molecule has 0 unspecified atom stereocenters. The highest BCUT2D eigenvalue weighted by atomic mass is 32.2. The Kier molecular flexibility index (Phi) is 4.46. The van der Waals surface area contributed by atoms with Crippen LogP contribution in [0.4, 0.5) is 0 Å². The van der Waals surface area contributed by atoms with Gasteiger partial charge < -0.3 is 0 Å². The van der Waals surface area contributed by atoms with Crippen LogP contribution in [-0.4, -0.2) is 51.0 Å². The van der Waals surface area contributed by atoms with Crippen LogP contribution in [0.2, 0.25) is 0 Å². The smallest absolute Gasteiger partial charge is 0.266 e. The Labute approximate surface area is 135 Å². The molecule has 1 aliphatic rings. The molecule has 0 amide bonds. The van der Waals surface area contributed by atoms with E-state index in [1.165, 1.54) is 4.31 Å². The standard InChI is InChI=1S/C13H21N7O2S/c1-19-12(7-8-14-19)13-11(16-18-17-13)9-15-23(21,22)20(2)10-5-3-4-6-10/h7-8,10,15H,3-6,9H2,1-2H3,(H,16,17,18). The minimum Gasteiger partial charge on any atom is -0.266 e. The van der Waals surface area contributed by atoms with Crippen LogP contribution in [-0.2, 0) is 23.8 Å². The van der Waals surface area contributed by atoms with Crippen molar-refractivity contribution in [3.63, 3.8) is 0 Å². The number of hydrogen-bond donors (Lipinski definition) is 2. The number of aryl methyl sites for hydroxylation is 1. The first-order chi connectivity index (χ1) is 11.0. The zero-order chi connectivity index (χ0) is 16.4. The van der Waals surface area contributed by atoms with Gasteiger partial charge >= 0.3 is 0 Å². The fourth-order valence-corrected chi connectivity index (χ4v) is 4.04. The number of nitrogens with one attached hydrogen (secondary N) is 2. The second-order valence-electron chi connectivity index (χ2n) is 5.74. The van der Waals surface area contributed by atoms with Crippen molar-refractivity contribution in [1.82, 2.24) is 34.2 Å². The van der Waals surface area contributed by atoms with Gasteiger partial charge in [0.15, 0.2) is 0 Å². The molecule has 2 aromatic rings. The summed E-state index contributed by atoms with van der Waals surface area (Å²) in [5.74, 6) is 0. The lowest BCUT2D eigenvalue weighted by molar-refractivity contribution is 0.366. The van der Waals surface area contributed by atoms with E-state index in [0.717, 1.165) is 31.4 Å². The van der Waals surface area contributed by atoms with Crippen molar-refractivity contribution < 1.29 is 8.42 Å². The maximum Gasteiger partial charge on any atom is 0.279 e. The first-order valence-electron chi connectivity index (χ1n) is 7.59. The van der Waals surface area contributed by atoms with E-state index in [2.05, 4.69) is 25.2 Å². The van der Waals surface area contributed by atoms with E-state index >= 15 is 0 Å². The minimum atomic E-state index is -3.54. The summed E-state index contributed by atoms with van der Waals surface area (Å²) >= 11 is 0. The molecule has 0 aliphatic heterocycles. The molecule has 0 atom stereocenters. The van der Waals surface area contributed by atoms with Gasteiger partial charge in [-0.1, -0.05) is 12.8 Å². The second-order valence-corrected chi connectivity index (χ2v) is 7.55. The molecule has 1 fully saturated rings. The Morgan fingerprint density at radius 1 is 1.39 bits per heavy atom. The predicted octanol–water partition coefficient (Wildman–Crippen LogP) is 0.414. The topological polar surface area (TPSA) is 109 Å². The van der Waals surface area contributed by atoms with Gasteiger partial charge in [-0.2, -0.15) is 38.0 Å². The Morgan fingerprint density at radius 3 is 2.78 bits per heavy atom. The van der Waals surface area contributed by atoms with Crippen molar-refractivity contribution in [3.05, 3.63) is 18.0 Å². The first kappa shape index (κ1) is 16.1. The highest BCUT2D eigenvalue weighted by Gasteiger charge is 2.28. The number of H-pyrrole nitrogens is 1. The number of aromatic nitrogens is 5. The highest BCUT2D eigenvalue weighted by Crippen LogP contribution is 2.24. The predicted molar refractivity (Wildman–Crippen MR) is 84.4 cm³/mol. The molecule has 2 aromatic heterocycles. The third kappa shape index (κ3) is 3.28. The number of aromatic amines is 1. The van der Waals surface area contributed by atoms with Gasteiger partial charge in [0.1, 0.15) is 11.4 Å². The Hall–Kier alpha value is -1.78. The third-order valence-corrected chi connectivity index (χ3v) is 5.89. The lowest BCUT2D eigenvalue weighted by Gasteiger charge is -2.23. The van der Waals surface area contributed by atoms with E-state index in [1.54, 1.807) is 31.0 Å². The van der Waals surface area contributed by atoms with Crippen LogP contribution >= 0.6 is 0 Å². The lowest BCUT2D eigenvalue weighted by Crippen LogP contribution is -2.42. The van der Waals surface area contributed by atoms with Gasteiger partial charge in [-0.05, 0) is 18.9 Å². The molecular formula is C13H21N7O2S. The number of hydrogen-bond acceptors (Lipinski definition) is 5. The van der Waals surface area contributed by atoms with Crippen molar-refractivity contribution in [3.8, 4) is 11.4 Å². The number of rotatable bonds is 6. The van der Waals surface area contributed by atoms with E-state index in [0.29, 0.717) is 11.4 Å². The fraction of sp³-hybridized carbons (Fsp3) is 0.615. The molecule has 1 saturated carbocycles. The average molecular weight is 339 g/mol. The van der Waals surface area contributed by atoms with Crippen LogP contribution in [0.3, 0.4) is 0 Å². The summed E-state index contributed by atoms with van der Waals surface area (Å²) in [5, 5.41) is 14.8. The van der Waals surface area contributed by atoms with Crippen LogP contribution in [0.1, 0.15) is 31.4 Å². The lowest BCUT2D eigenvalue weighted by atomic mass is 10.2. The molecule has 0 saturated heterocycles. The van der Waals surface area contributed by atoms with Crippen molar-refractivity contribution >= 4 is 10.2 Å². The first-order valence-corrected chi connectivity index (χ1v) is 9.03. The average Bonchev–Trinajstić information content (AvgIpc) is 3.25. The molecule has 0 radical (unpaired) electrons. The van der Waals surface area contributed by atoms with Crippen molar-refractivity contribution in [2.24, 2.45) is 7.05 Å². The summed E-state index contributed by atoms with van der Waals surface area (Å²) in [6, 6.07) is 1.89. The minimum absolute atomic E-state index is 0.0798. The van der Waals surface area contributed by atoms with E-state index in [9.17, 15) is 8.42 Å². The van der Waals surface area contributed by atoms with Gasteiger partial charge in [-0.15, -0.1) is 0 Å².